The third-order valence-electron chi connectivity index (χ3n) is 3.84. The third-order valence-corrected chi connectivity index (χ3v) is 3.84. The lowest BCUT2D eigenvalue weighted by Crippen LogP contribution is -2.51. The van der Waals surface area contributed by atoms with E-state index in [9.17, 15) is 9.59 Å². The summed E-state index contributed by atoms with van der Waals surface area (Å²) in [6, 6.07) is 8.77. The molecule has 9 nitrogen and oxygen atoms in total. The molecule has 2 heterocycles. The fraction of sp³-hybridized carbons (Fsp3) is 0.438. The van der Waals surface area contributed by atoms with Crippen LogP contribution in [0.25, 0.3) is 11.4 Å². The molecule has 1 aromatic heterocycles. The Morgan fingerprint density at radius 1 is 1.24 bits per heavy atom. The zero-order valence-corrected chi connectivity index (χ0v) is 14.0. The second-order valence-electron chi connectivity index (χ2n) is 5.74. The highest BCUT2D eigenvalue weighted by atomic mass is 16.5. The van der Waals surface area contributed by atoms with Crippen LogP contribution in [0.4, 0.5) is 0 Å². The highest BCUT2D eigenvalue weighted by Gasteiger charge is 2.23. The number of aromatic nitrogens is 4. The van der Waals surface area contributed by atoms with E-state index in [0.29, 0.717) is 32.1 Å². The largest absolute Gasteiger partial charge is 0.378 e. The summed E-state index contributed by atoms with van der Waals surface area (Å²) in [6.45, 7) is 3.71. The van der Waals surface area contributed by atoms with E-state index >= 15 is 0 Å². The van der Waals surface area contributed by atoms with E-state index in [4.69, 9.17) is 4.74 Å². The number of nitrogens with one attached hydrogen (secondary N) is 1. The average molecular weight is 344 g/mol. The Kier molecular flexibility index (Phi) is 5.34. The molecule has 1 aliphatic rings. The van der Waals surface area contributed by atoms with Crippen molar-refractivity contribution in [2.24, 2.45) is 0 Å². The Morgan fingerprint density at radius 2 is 1.96 bits per heavy atom. The van der Waals surface area contributed by atoms with Gasteiger partial charge in [-0.3, -0.25) is 9.59 Å². The standard InChI is InChI=1S/C16H20N6O3/c1-12(16(24)21-7-9-25-10-8-21)17-14(23)11-22-19-15(18-20-22)13-5-3-2-4-6-13/h2-6,12H,7-11H2,1H3,(H,17,23)/t12-/m0/s1. The highest BCUT2D eigenvalue weighted by molar-refractivity contribution is 5.87. The molecule has 1 atom stereocenters. The summed E-state index contributed by atoms with van der Waals surface area (Å²) >= 11 is 0. The number of rotatable bonds is 5. The van der Waals surface area contributed by atoms with Gasteiger partial charge in [0.15, 0.2) is 0 Å². The Hall–Kier alpha value is -2.81. The van der Waals surface area contributed by atoms with Crippen LogP contribution in [-0.2, 0) is 20.9 Å². The first-order valence-corrected chi connectivity index (χ1v) is 8.12. The summed E-state index contributed by atoms with van der Waals surface area (Å²) in [5.41, 5.74) is 0.824. The summed E-state index contributed by atoms with van der Waals surface area (Å²) in [4.78, 5) is 27.3. The van der Waals surface area contributed by atoms with Crippen LogP contribution in [0.15, 0.2) is 30.3 Å². The van der Waals surface area contributed by atoms with Gasteiger partial charge >= 0.3 is 0 Å². The SMILES string of the molecule is C[C@H](NC(=O)Cn1nnc(-c2ccccc2)n1)C(=O)N1CCOCC1. The van der Waals surface area contributed by atoms with Crippen LogP contribution < -0.4 is 5.32 Å². The molecular formula is C16H20N6O3. The molecule has 1 saturated heterocycles. The fourth-order valence-corrected chi connectivity index (χ4v) is 2.55. The van der Waals surface area contributed by atoms with Gasteiger partial charge in [0, 0.05) is 18.7 Å². The van der Waals surface area contributed by atoms with E-state index < -0.39 is 6.04 Å². The van der Waals surface area contributed by atoms with Gasteiger partial charge in [-0.05, 0) is 12.1 Å². The molecule has 0 unspecified atom stereocenters. The zero-order chi connectivity index (χ0) is 17.6. The molecule has 2 amide bonds. The molecule has 0 radical (unpaired) electrons. The maximum atomic E-state index is 12.3. The number of benzene rings is 1. The van der Waals surface area contributed by atoms with Crippen LogP contribution >= 0.6 is 0 Å². The molecule has 132 valence electrons. The first-order chi connectivity index (χ1) is 12.1. The number of hydrogen-bond donors (Lipinski definition) is 1. The minimum atomic E-state index is -0.609. The number of amides is 2. The van der Waals surface area contributed by atoms with Gasteiger partial charge in [-0.2, -0.15) is 4.80 Å². The fourth-order valence-electron chi connectivity index (χ4n) is 2.55. The van der Waals surface area contributed by atoms with Crippen LogP contribution in [0.1, 0.15) is 6.92 Å². The van der Waals surface area contributed by atoms with Crippen molar-refractivity contribution < 1.29 is 14.3 Å². The lowest BCUT2D eigenvalue weighted by Gasteiger charge is -2.29. The van der Waals surface area contributed by atoms with E-state index in [1.165, 1.54) is 4.80 Å². The summed E-state index contributed by atoms with van der Waals surface area (Å²) in [5, 5.41) is 14.7. The average Bonchev–Trinajstić information content (AvgIpc) is 3.10. The predicted molar refractivity (Wildman–Crippen MR) is 88.3 cm³/mol. The Balaban J connectivity index is 1.54. The topological polar surface area (TPSA) is 102 Å². The summed E-state index contributed by atoms with van der Waals surface area (Å²) in [6.07, 6.45) is 0. The van der Waals surface area contributed by atoms with Crippen LogP contribution in [0.5, 0.6) is 0 Å². The predicted octanol–water partition coefficient (Wildman–Crippen LogP) is -0.296. The lowest BCUT2D eigenvalue weighted by molar-refractivity contribution is -0.139. The lowest BCUT2D eigenvalue weighted by atomic mass is 10.2. The van der Waals surface area contributed by atoms with Crippen molar-refractivity contribution in [1.82, 2.24) is 30.4 Å². The van der Waals surface area contributed by atoms with Crippen molar-refractivity contribution >= 4 is 11.8 Å². The van der Waals surface area contributed by atoms with E-state index in [-0.39, 0.29) is 18.4 Å². The molecule has 9 heteroatoms. The Morgan fingerprint density at radius 3 is 2.68 bits per heavy atom. The number of nitrogens with zero attached hydrogens (tertiary/aromatic N) is 5. The van der Waals surface area contributed by atoms with E-state index in [1.807, 2.05) is 30.3 Å². The normalized spacial score (nSPS) is 15.6. The van der Waals surface area contributed by atoms with Gasteiger partial charge in [0.1, 0.15) is 12.6 Å². The smallest absolute Gasteiger partial charge is 0.245 e. The second-order valence-corrected chi connectivity index (χ2v) is 5.74. The summed E-state index contributed by atoms with van der Waals surface area (Å²) in [7, 11) is 0. The molecule has 0 saturated carbocycles. The minimum absolute atomic E-state index is 0.0967. The number of hydrogen-bond acceptors (Lipinski definition) is 6. The molecule has 0 bridgehead atoms. The first kappa shape index (κ1) is 17.0. The molecule has 1 aliphatic heterocycles. The van der Waals surface area contributed by atoms with Gasteiger partial charge in [-0.15, -0.1) is 10.2 Å². The molecular weight excluding hydrogens is 324 g/mol. The van der Waals surface area contributed by atoms with Crippen molar-refractivity contribution in [3.8, 4) is 11.4 Å². The molecule has 25 heavy (non-hydrogen) atoms. The van der Waals surface area contributed by atoms with Gasteiger partial charge in [0.25, 0.3) is 0 Å². The van der Waals surface area contributed by atoms with E-state index in [1.54, 1.807) is 11.8 Å². The van der Waals surface area contributed by atoms with Crippen molar-refractivity contribution in [3.05, 3.63) is 30.3 Å². The first-order valence-electron chi connectivity index (χ1n) is 8.12. The summed E-state index contributed by atoms with van der Waals surface area (Å²) in [5.74, 6) is -0.00913. The van der Waals surface area contributed by atoms with Gasteiger partial charge in [-0.1, -0.05) is 30.3 Å². The van der Waals surface area contributed by atoms with Gasteiger partial charge < -0.3 is 15.0 Å². The number of tetrazole rings is 1. The Labute approximate surface area is 144 Å². The van der Waals surface area contributed by atoms with Crippen LogP contribution in [0, 0.1) is 0 Å². The minimum Gasteiger partial charge on any atom is -0.378 e. The third kappa shape index (κ3) is 4.38. The van der Waals surface area contributed by atoms with E-state index in [0.717, 1.165) is 5.56 Å². The van der Waals surface area contributed by atoms with E-state index in [2.05, 4.69) is 20.7 Å². The quantitative estimate of drug-likeness (QED) is 0.799. The van der Waals surface area contributed by atoms with Crippen molar-refractivity contribution in [1.29, 1.82) is 0 Å². The number of carbonyl (C=O) groups excluding carboxylic acids is 2. The molecule has 1 fully saturated rings. The number of carbonyl (C=O) groups is 2. The van der Waals surface area contributed by atoms with Crippen LogP contribution in [-0.4, -0.2) is 69.3 Å². The summed E-state index contributed by atoms with van der Waals surface area (Å²) < 4.78 is 5.22. The monoisotopic (exact) mass is 344 g/mol. The van der Waals surface area contributed by atoms with Crippen molar-refractivity contribution in [2.75, 3.05) is 26.3 Å². The van der Waals surface area contributed by atoms with Gasteiger partial charge in [0.05, 0.1) is 13.2 Å². The zero-order valence-electron chi connectivity index (χ0n) is 14.0. The molecule has 1 N–H and O–H groups in total. The Bertz CT molecular complexity index is 726. The van der Waals surface area contributed by atoms with Crippen LogP contribution in [0.2, 0.25) is 0 Å². The maximum Gasteiger partial charge on any atom is 0.245 e. The second kappa shape index (κ2) is 7.84. The molecule has 2 aromatic rings. The molecule has 3 rings (SSSR count). The highest BCUT2D eigenvalue weighted by Crippen LogP contribution is 2.11. The van der Waals surface area contributed by atoms with Gasteiger partial charge in [-0.25, -0.2) is 0 Å². The maximum absolute atomic E-state index is 12.3. The number of morpholine rings is 1. The number of ether oxygens (including phenoxy) is 1. The van der Waals surface area contributed by atoms with Crippen molar-refractivity contribution in [3.63, 3.8) is 0 Å². The van der Waals surface area contributed by atoms with Crippen LogP contribution in [0.3, 0.4) is 0 Å². The van der Waals surface area contributed by atoms with Gasteiger partial charge in [0.2, 0.25) is 17.6 Å². The molecule has 1 aromatic carbocycles. The van der Waals surface area contributed by atoms with Crippen molar-refractivity contribution in [2.45, 2.75) is 19.5 Å². The molecule has 0 spiro atoms. The molecule has 0 aliphatic carbocycles.